The zero-order chi connectivity index (χ0) is 29.4. The topological polar surface area (TPSA) is 62.2 Å². The predicted molar refractivity (Wildman–Crippen MR) is 174 cm³/mol. The number of nitrogens with zero attached hydrogens (tertiary/aromatic N) is 3. The van der Waals surface area contributed by atoms with E-state index in [1.807, 2.05) is 54.7 Å². The molecule has 6 nitrogen and oxygen atoms in total. The van der Waals surface area contributed by atoms with Crippen LogP contribution in [-0.4, -0.2) is 32.0 Å². The first-order valence-corrected chi connectivity index (χ1v) is 14.8. The third kappa shape index (κ3) is 5.05. The number of carbonyl (C=O) groups excluding carboxylic acids is 1. The van der Waals surface area contributed by atoms with Crippen LogP contribution in [0.3, 0.4) is 0 Å². The Morgan fingerprint density at radius 1 is 0.952 bits per heavy atom. The summed E-state index contributed by atoms with van der Waals surface area (Å²) in [4.78, 5) is 20.1. The van der Waals surface area contributed by atoms with E-state index >= 15 is 0 Å². The summed E-state index contributed by atoms with van der Waals surface area (Å²) in [6.07, 6.45) is 2.11. The van der Waals surface area contributed by atoms with Crippen LogP contribution in [-0.2, 0) is 4.79 Å². The van der Waals surface area contributed by atoms with Crippen molar-refractivity contribution in [2.75, 3.05) is 11.9 Å². The molecule has 2 N–H and O–H groups in total. The molecule has 1 aliphatic rings. The number of aromatic nitrogens is 2. The van der Waals surface area contributed by atoms with Gasteiger partial charge < -0.3 is 20.1 Å². The first-order valence-electron chi connectivity index (χ1n) is 14.3. The standard InChI is InChI=1S/C35H35N5OS/c1-22-11-9-17-31(24(22)3)40-23(2)21-28(25(40)4)34-33(30-15-7-8-19-36-30)38-35(42)39(34)20-18-32(41)37-29-16-10-13-26-12-5-6-14-27(26)29/h5-17,19,21,33-34H,18,20H2,1-4H3,(H,37,41)(H,38,42)/t33-,34-/m0/s1. The van der Waals surface area contributed by atoms with E-state index < -0.39 is 0 Å². The lowest BCUT2D eigenvalue weighted by atomic mass is 9.96. The monoisotopic (exact) mass is 573 g/mol. The van der Waals surface area contributed by atoms with E-state index in [0.717, 1.165) is 33.5 Å². The third-order valence-electron chi connectivity index (χ3n) is 8.45. The van der Waals surface area contributed by atoms with Crippen LogP contribution in [0.2, 0.25) is 0 Å². The second-order valence-corrected chi connectivity index (χ2v) is 11.4. The predicted octanol–water partition coefficient (Wildman–Crippen LogP) is 7.26. The van der Waals surface area contributed by atoms with Crippen LogP contribution < -0.4 is 10.6 Å². The van der Waals surface area contributed by atoms with Crippen molar-refractivity contribution in [1.82, 2.24) is 19.8 Å². The van der Waals surface area contributed by atoms with Gasteiger partial charge in [0, 0.05) is 47.3 Å². The van der Waals surface area contributed by atoms with E-state index in [9.17, 15) is 4.79 Å². The van der Waals surface area contributed by atoms with Crippen molar-refractivity contribution >= 4 is 39.7 Å². The molecule has 1 fully saturated rings. The summed E-state index contributed by atoms with van der Waals surface area (Å²) < 4.78 is 2.33. The van der Waals surface area contributed by atoms with Crippen LogP contribution in [0.4, 0.5) is 5.69 Å². The summed E-state index contributed by atoms with van der Waals surface area (Å²) in [6, 6.07) is 28.4. The van der Waals surface area contributed by atoms with Crippen LogP contribution in [0.25, 0.3) is 16.5 Å². The highest BCUT2D eigenvalue weighted by Crippen LogP contribution is 2.41. The van der Waals surface area contributed by atoms with Crippen LogP contribution in [0.15, 0.2) is 91.1 Å². The Labute approximate surface area is 252 Å². The highest BCUT2D eigenvalue weighted by molar-refractivity contribution is 7.80. The molecule has 0 saturated carbocycles. The molecule has 1 aliphatic heterocycles. The number of fused-ring (bicyclic) bond motifs is 1. The number of aryl methyl sites for hydroxylation is 2. The molecule has 3 aromatic carbocycles. The summed E-state index contributed by atoms with van der Waals surface area (Å²) in [5.74, 6) is -0.0463. The maximum Gasteiger partial charge on any atom is 0.226 e. The zero-order valence-corrected chi connectivity index (χ0v) is 25.2. The molecule has 0 unspecified atom stereocenters. The average Bonchev–Trinajstić information content (AvgIpc) is 3.48. The molecule has 0 aliphatic carbocycles. The smallest absolute Gasteiger partial charge is 0.226 e. The molecule has 1 amide bonds. The van der Waals surface area contributed by atoms with Gasteiger partial charge in [0.05, 0.1) is 17.8 Å². The van der Waals surface area contributed by atoms with Crippen molar-refractivity contribution < 1.29 is 4.79 Å². The minimum atomic E-state index is -0.146. The van der Waals surface area contributed by atoms with Crippen molar-refractivity contribution in [3.8, 4) is 5.69 Å². The van der Waals surface area contributed by atoms with Crippen LogP contribution >= 0.6 is 12.2 Å². The Hall–Kier alpha value is -4.49. The van der Waals surface area contributed by atoms with Gasteiger partial charge in [-0.2, -0.15) is 0 Å². The van der Waals surface area contributed by atoms with Crippen molar-refractivity contribution in [1.29, 1.82) is 0 Å². The molecule has 5 aromatic rings. The largest absolute Gasteiger partial charge is 0.352 e. The maximum absolute atomic E-state index is 13.3. The molecule has 0 bridgehead atoms. The fourth-order valence-electron chi connectivity index (χ4n) is 6.19. The third-order valence-corrected chi connectivity index (χ3v) is 8.80. The van der Waals surface area contributed by atoms with Crippen LogP contribution in [0.1, 0.15) is 52.3 Å². The molecule has 2 aromatic heterocycles. The first-order chi connectivity index (χ1) is 20.3. The quantitative estimate of drug-likeness (QED) is 0.201. The second kappa shape index (κ2) is 11.4. The van der Waals surface area contributed by atoms with Gasteiger partial charge in [-0.25, -0.2) is 0 Å². The fourth-order valence-corrected chi connectivity index (χ4v) is 6.52. The summed E-state index contributed by atoms with van der Waals surface area (Å²) in [5.41, 5.74) is 8.92. The maximum atomic E-state index is 13.3. The molecule has 2 atom stereocenters. The summed E-state index contributed by atoms with van der Waals surface area (Å²) in [7, 11) is 0. The molecular weight excluding hydrogens is 538 g/mol. The average molecular weight is 574 g/mol. The van der Waals surface area contributed by atoms with E-state index in [-0.39, 0.29) is 18.0 Å². The van der Waals surface area contributed by atoms with Gasteiger partial charge in [0.25, 0.3) is 0 Å². The van der Waals surface area contributed by atoms with Gasteiger partial charge in [0.15, 0.2) is 5.11 Å². The normalized spacial score (nSPS) is 16.6. The fraction of sp³-hybridized carbons (Fsp3) is 0.229. The Bertz CT molecular complexity index is 1790. The van der Waals surface area contributed by atoms with Gasteiger partial charge in [-0.3, -0.25) is 9.78 Å². The number of pyridine rings is 1. The van der Waals surface area contributed by atoms with E-state index in [2.05, 4.69) is 84.2 Å². The molecule has 0 radical (unpaired) electrons. The molecule has 6 rings (SSSR count). The molecule has 212 valence electrons. The number of nitrogens with one attached hydrogen (secondary N) is 2. The highest BCUT2D eigenvalue weighted by atomic mass is 32.1. The Morgan fingerprint density at radius 2 is 1.71 bits per heavy atom. The summed E-state index contributed by atoms with van der Waals surface area (Å²) >= 11 is 5.90. The highest BCUT2D eigenvalue weighted by Gasteiger charge is 2.41. The SMILES string of the molecule is Cc1cccc(-n2c(C)cc([C@H]3[C@H](c4ccccn4)NC(=S)N3CCC(=O)Nc3cccc4ccccc34)c2C)c1C. The lowest BCUT2D eigenvalue weighted by Gasteiger charge is -2.28. The Balaban J connectivity index is 1.33. The van der Waals surface area contributed by atoms with Crippen LogP contribution in [0, 0.1) is 27.7 Å². The van der Waals surface area contributed by atoms with E-state index in [1.54, 1.807) is 0 Å². The van der Waals surface area contributed by atoms with Gasteiger partial charge in [-0.1, -0.05) is 54.6 Å². The molecule has 0 spiro atoms. The number of hydrogen-bond acceptors (Lipinski definition) is 3. The van der Waals surface area contributed by atoms with Gasteiger partial charge in [-0.05, 0) is 92.3 Å². The number of carbonyl (C=O) groups is 1. The number of rotatable bonds is 7. The van der Waals surface area contributed by atoms with Crippen molar-refractivity contribution in [2.24, 2.45) is 0 Å². The molecule has 1 saturated heterocycles. The number of benzene rings is 3. The van der Waals surface area contributed by atoms with E-state index in [1.165, 1.54) is 22.4 Å². The molecule has 42 heavy (non-hydrogen) atoms. The Kier molecular flexibility index (Phi) is 7.52. The lowest BCUT2D eigenvalue weighted by molar-refractivity contribution is -0.116. The minimum Gasteiger partial charge on any atom is -0.352 e. The van der Waals surface area contributed by atoms with Crippen LogP contribution in [0.5, 0.6) is 0 Å². The van der Waals surface area contributed by atoms with Crippen molar-refractivity contribution in [3.63, 3.8) is 0 Å². The summed E-state index contributed by atoms with van der Waals surface area (Å²) in [5, 5.41) is 9.42. The molecular formula is C35H35N5OS. The van der Waals surface area contributed by atoms with Gasteiger partial charge in [0.2, 0.25) is 5.91 Å². The van der Waals surface area contributed by atoms with Gasteiger partial charge >= 0.3 is 0 Å². The summed E-state index contributed by atoms with van der Waals surface area (Å²) in [6.45, 7) is 9.12. The molecule has 3 heterocycles. The minimum absolute atomic E-state index is 0.0463. The Morgan fingerprint density at radius 3 is 2.52 bits per heavy atom. The number of thiocarbonyl (C=S) groups is 1. The first kappa shape index (κ1) is 27.7. The van der Waals surface area contributed by atoms with Crippen molar-refractivity contribution in [2.45, 2.75) is 46.2 Å². The van der Waals surface area contributed by atoms with E-state index in [0.29, 0.717) is 18.1 Å². The number of anilines is 1. The lowest BCUT2D eigenvalue weighted by Crippen LogP contribution is -2.33. The van der Waals surface area contributed by atoms with Crippen molar-refractivity contribution in [3.05, 3.63) is 125 Å². The number of hydrogen-bond donors (Lipinski definition) is 2. The van der Waals surface area contributed by atoms with Gasteiger partial charge in [-0.15, -0.1) is 0 Å². The zero-order valence-electron chi connectivity index (χ0n) is 24.4. The van der Waals surface area contributed by atoms with E-state index in [4.69, 9.17) is 17.2 Å². The number of amides is 1. The van der Waals surface area contributed by atoms with Gasteiger partial charge in [0.1, 0.15) is 0 Å². The molecule has 7 heteroatoms. The second-order valence-electron chi connectivity index (χ2n) is 11.0.